The number of rotatable bonds is 10. The molecule has 17 heteroatoms. The lowest BCUT2D eigenvalue weighted by Gasteiger charge is -2.44. The molecule has 5 atom stereocenters. The zero-order chi connectivity index (χ0) is 31.3. The molecule has 1 heterocycles. The van der Waals surface area contributed by atoms with Crippen molar-refractivity contribution in [3.8, 4) is 0 Å². The van der Waals surface area contributed by atoms with Crippen molar-refractivity contribution in [2.75, 3.05) is 19.7 Å². The van der Waals surface area contributed by atoms with Gasteiger partial charge < -0.3 is 28.8 Å². The van der Waals surface area contributed by atoms with Crippen LogP contribution in [0, 0.1) is 10.8 Å². The van der Waals surface area contributed by atoms with Crippen molar-refractivity contribution in [1.29, 1.82) is 0 Å². The molecule has 0 radical (unpaired) electrons. The third-order valence-corrected chi connectivity index (χ3v) is 6.90. The minimum Gasteiger partial charge on any atom is -0.456 e. The molecule has 1 fully saturated rings. The highest BCUT2D eigenvalue weighted by Crippen LogP contribution is 2.51. The molecule has 232 valence electrons. The third kappa shape index (κ3) is 11.0. The maximum absolute atomic E-state index is 13.7. The second-order valence-corrected chi connectivity index (χ2v) is 13.0. The first-order valence-corrected chi connectivity index (χ1v) is 13.7. The van der Waals surface area contributed by atoms with Gasteiger partial charge in [-0.2, -0.15) is 13.2 Å². The van der Waals surface area contributed by atoms with Crippen molar-refractivity contribution < 1.29 is 74.8 Å². The fraction of sp³-hybridized carbons (Fsp3) is 0.826. The number of aliphatic hydroxyl groups excluding tert-OH is 1. The molecule has 1 saturated heterocycles. The average Bonchev–Trinajstić information content (AvgIpc) is 2.75. The lowest BCUT2D eigenvalue weighted by atomic mass is 9.94. The van der Waals surface area contributed by atoms with Gasteiger partial charge in [-0.3, -0.25) is 32.8 Å². The van der Waals surface area contributed by atoms with Gasteiger partial charge >= 0.3 is 37.6 Å². The second-order valence-electron chi connectivity index (χ2n) is 10.9. The van der Waals surface area contributed by atoms with E-state index in [0.29, 0.717) is 0 Å². The molecule has 13 nitrogen and oxygen atoms in total. The zero-order valence-electron chi connectivity index (χ0n) is 23.4. The van der Waals surface area contributed by atoms with Crippen LogP contribution < -0.4 is 0 Å². The monoisotopic (exact) mass is 608 g/mol. The van der Waals surface area contributed by atoms with E-state index < -0.39 is 98.7 Å². The van der Waals surface area contributed by atoms with E-state index in [-0.39, 0.29) is 0 Å². The smallest absolute Gasteiger partial charge is 0.417 e. The highest BCUT2D eigenvalue weighted by atomic mass is 31.2. The molecule has 1 rings (SSSR count). The summed E-state index contributed by atoms with van der Waals surface area (Å²) in [5.74, 6) is -3.77. The van der Waals surface area contributed by atoms with Crippen molar-refractivity contribution >= 4 is 31.5 Å². The first-order chi connectivity index (χ1) is 18.0. The summed E-state index contributed by atoms with van der Waals surface area (Å²) in [7, 11) is -4.71. The van der Waals surface area contributed by atoms with E-state index in [1.807, 2.05) is 0 Å². The predicted octanol–water partition coefficient (Wildman–Crippen LogP) is 2.86. The van der Waals surface area contributed by atoms with Crippen LogP contribution in [-0.4, -0.2) is 85.4 Å². The Morgan fingerprint density at radius 1 is 0.800 bits per heavy atom. The standard InChI is InChI=1S/C23H36F3O13P/c1-12(27)37-16-14(39-18(23(24,25)26)15(29)17(16)38-13(2)28)9-40(32,35-10-33-19(30)21(3,4)5)36-11-34-20(31)22(6,7)8/h14-18,29H,9-11H2,1-8H3/t14-,15-,16+,17+,18+/m0/s1. The Balaban J connectivity index is 3.38. The van der Waals surface area contributed by atoms with Crippen molar-refractivity contribution in [2.45, 2.75) is 92.1 Å². The molecular formula is C23H36F3O13P. The molecule has 0 bridgehead atoms. The normalized spacial score (nSPS) is 24.1. The van der Waals surface area contributed by atoms with Crippen LogP contribution in [-0.2, 0) is 56.5 Å². The van der Waals surface area contributed by atoms with Crippen LogP contribution in [0.5, 0.6) is 0 Å². The van der Waals surface area contributed by atoms with Crippen molar-refractivity contribution in [1.82, 2.24) is 0 Å². The van der Waals surface area contributed by atoms with Gasteiger partial charge in [0.05, 0.1) is 17.0 Å². The lowest BCUT2D eigenvalue weighted by Crippen LogP contribution is -2.64. The minimum absolute atomic E-state index is 0.792. The summed E-state index contributed by atoms with van der Waals surface area (Å²) in [5.41, 5.74) is -2.01. The molecular weight excluding hydrogens is 572 g/mol. The summed E-state index contributed by atoms with van der Waals surface area (Å²) in [6, 6.07) is 0. The average molecular weight is 608 g/mol. The van der Waals surface area contributed by atoms with Gasteiger partial charge in [-0.05, 0) is 41.5 Å². The molecule has 0 amide bonds. The number of alkyl halides is 3. The van der Waals surface area contributed by atoms with Gasteiger partial charge in [0, 0.05) is 13.8 Å². The van der Waals surface area contributed by atoms with E-state index in [1.54, 1.807) is 0 Å². The summed E-state index contributed by atoms with van der Waals surface area (Å²) < 4.78 is 89.6. The zero-order valence-corrected chi connectivity index (χ0v) is 24.3. The second kappa shape index (κ2) is 13.6. The number of halogens is 3. The summed E-state index contributed by atoms with van der Waals surface area (Å²) >= 11 is 0. The summed E-state index contributed by atoms with van der Waals surface area (Å²) in [4.78, 5) is 47.5. The number of carbonyl (C=O) groups is 4. The maximum atomic E-state index is 13.7. The quantitative estimate of drug-likeness (QED) is 0.166. The molecule has 0 aromatic rings. The maximum Gasteiger partial charge on any atom is 0.417 e. The van der Waals surface area contributed by atoms with E-state index >= 15 is 0 Å². The summed E-state index contributed by atoms with van der Waals surface area (Å²) in [5, 5.41) is 10.3. The Bertz CT molecular complexity index is 935. The van der Waals surface area contributed by atoms with E-state index in [4.69, 9.17) is 32.7 Å². The highest BCUT2D eigenvalue weighted by Gasteiger charge is 2.59. The Morgan fingerprint density at radius 3 is 1.55 bits per heavy atom. The molecule has 1 aliphatic heterocycles. The van der Waals surface area contributed by atoms with Gasteiger partial charge in [-0.1, -0.05) is 0 Å². The van der Waals surface area contributed by atoms with Crippen LogP contribution in [0.3, 0.4) is 0 Å². The number of hydrogen-bond acceptors (Lipinski definition) is 13. The number of aliphatic hydroxyl groups is 1. The third-order valence-electron chi connectivity index (χ3n) is 5.09. The highest BCUT2D eigenvalue weighted by molar-refractivity contribution is 7.53. The SMILES string of the molecule is CC(=O)O[C@@H]1[C@H](O)[C@H](C(F)(F)F)O[C@@H](CP(=O)(OCOC(=O)C(C)(C)C)OCOC(=O)C(C)(C)C)[C@H]1OC(C)=O. The van der Waals surface area contributed by atoms with E-state index in [9.17, 15) is 42.0 Å². The van der Waals surface area contributed by atoms with Crippen LogP contribution in [0.15, 0.2) is 0 Å². The van der Waals surface area contributed by atoms with Crippen LogP contribution in [0.4, 0.5) is 13.2 Å². The molecule has 0 saturated carbocycles. The fourth-order valence-electron chi connectivity index (χ4n) is 3.12. The number of carbonyl (C=O) groups excluding carboxylic acids is 4. The van der Waals surface area contributed by atoms with Crippen molar-refractivity contribution in [3.05, 3.63) is 0 Å². The van der Waals surface area contributed by atoms with Crippen molar-refractivity contribution in [3.63, 3.8) is 0 Å². The van der Waals surface area contributed by atoms with Gasteiger partial charge in [0.15, 0.2) is 18.3 Å². The topological polar surface area (TPSA) is 170 Å². The first-order valence-electron chi connectivity index (χ1n) is 11.9. The Hall–Kier alpha value is -2.26. The Morgan fingerprint density at radius 2 is 1.20 bits per heavy atom. The Labute approximate surface area is 229 Å². The molecule has 1 N–H and O–H groups in total. The van der Waals surface area contributed by atoms with E-state index in [2.05, 4.69) is 0 Å². The van der Waals surface area contributed by atoms with Gasteiger partial charge in [0.25, 0.3) is 0 Å². The molecule has 0 unspecified atom stereocenters. The van der Waals surface area contributed by atoms with Gasteiger partial charge in [0.1, 0.15) is 12.2 Å². The van der Waals surface area contributed by atoms with Gasteiger partial charge in [-0.25, -0.2) is 0 Å². The molecule has 0 spiro atoms. The van der Waals surface area contributed by atoms with E-state index in [1.165, 1.54) is 41.5 Å². The summed E-state index contributed by atoms with van der Waals surface area (Å²) in [6.07, 6.45) is -17.9. The lowest BCUT2D eigenvalue weighted by molar-refractivity contribution is -0.310. The molecule has 0 aromatic carbocycles. The number of ether oxygens (including phenoxy) is 5. The fourth-order valence-corrected chi connectivity index (χ4v) is 4.57. The van der Waals surface area contributed by atoms with Crippen LogP contribution in [0.1, 0.15) is 55.4 Å². The molecule has 1 aliphatic rings. The van der Waals surface area contributed by atoms with Crippen LogP contribution in [0.2, 0.25) is 0 Å². The van der Waals surface area contributed by atoms with E-state index in [0.717, 1.165) is 13.8 Å². The van der Waals surface area contributed by atoms with Crippen LogP contribution in [0.25, 0.3) is 0 Å². The number of esters is 4. The van der Waals surface area contributed by atoms with Gasteiger partial charge in [0.2, 0.25) is 13.6 Å². The largest absolute Gasteiger partial charge is 0.456 e. The van der Waals surface area contributed by atoms with Gasteiger partial charge in [-0.15, -0.1) is 0 Å². The van der Waals surface area contributed by atoms with Crippen LogP contribution >= 0.6 is 7.60 Å². The predicted molar refractivity (Wildman–Crippen MR) is 127 cm³/mol. The Kier molecular flexibility index (Phi) is 12.2. The molecule has 0 aromatic heterocycles. The number of hydrogen-bond donors (Lipinski definition) is 1. The minimum atomic E-state index is -5.21. The molecule has 40 heavy (non-hydrogen) atoms. The summed E-state index contributed by atoms with van der Waals surface area (Å²) in [6.45, 7) is 8.79. The molecule has 0 aliphatic carbocycles. The van der Waals surface area contributed by atoms with Crippen molar-refractivity contribution in [2.24, 2.45) is 10.8 Å². The first kappa shape index (κ1) is 35.8.